The molecule has 6 rings (SSSR count). The van der Waals surface area contributed by atoms with E-state index in [4.69, 9.17) is 0 Å². The zero-order valence-corrected chi connectivity index (χ0v) is 17.0. The predicted molar refractivity (Wildman–Crippen MR) is 105 cm³/mol. The number of hydrogen-bond acceptors (Lipinski definition) is 2. The average Bonchev–Trinajstić information content (AvgIpc) is 3.23. The van der Waals surface area contributed by atoms with E-state index in [-0.39, 0.29) is 17.5 Å². The highest BCUT2D eigenvalue weighted by atomic mass is 16.2. The highest BCUT2D eigenvalue weighted by Crippen LogP contribution is 2.61. The number of nitrogens with one attached hydrogen (secondary N) is 2. The van der Waals surface area contributed by atoms with Crippen LogP contribution in [0.2, 0.25) is 0 Å². The molecule has 0 heterocycles. The molecule has 6 bridgehead atoms. The summed E-state index contributed by atoms with van der Waals surface area (Å²) in [6, 6.07) is 0.232. The third kappa shape index (κ3) is 3.11. The van der Waals surface area contributed by atoms with Crippen molar-refractivity contribution in [3.8, 4) is 0 Å². The lowest BCUT2D eigenvalue weighted by Crippen LogP contribution is -2.58. The van der Waals surface area contributed by atoms with Crippen LogP contribution in [0.25, 0.3) is 0 Å². The minimum absolute atomic E-state index is 0.113. The van der Waals surface area contributed by atoms with E-state index in [1.54, 1.807) is 0 Å². The fourth-order valence-electron chi connectivity index (χ4n) is 8.41. The smallest absolute Gasteiger partial charge is 0.309 e. The van der Waals surface area contributed by atoms with Gasteiger partial charge in [-0.25, -0.2) is 0 Å². The van der Waals surface area contributed by atoms with Crippen molar-refractivity contribution in [2.75, 3.05) is 0 Å². The maximum absolute atomic E-state index is 12.6. The van der Waals surface area contributed by atoms with Crippen LogP contribution in [0.3, 0.4) is 0 Å². The van der Waals surface area contributed by atoms with Crippen molar-refractivity contribution in [1.82, 2.24) is 10.6 Å². The quantitative estimate of drug-likeness (QED) is 0.740. The van der Waals surface area contributed by atoms with Crippen LogP contribution in [0.15, 0.2) is 0 Å². The summed E-state index contributed by atoms with van der Waals surface area (Å²) in [4.78, 5) is 25.2. The van der Waals surface area contributed by atoms with Gasteiger partial charge >= 0.3 is 11.8 Å². The van der Waals surface area contributed by atoms with Gasteiger partial charge in [-0.1, -0.05) is 6.42 Å². The molecule has 6 fully saturated rings. The molecule has 0 spiro atoms. The molecule has 2 N–H and O–H groups in total. The zero-order chi connectivity index (χ0) is 18.8. The normalized spacial score (nSPS) is 46.3. The molecule has 2 amide bonds. The van der Waals surface area contributed by atoms with Gasteiger partial charge in [-0.2, -0.15) is 0 Å². The summed E-state index contributed by atoms with van der Waals surface area (Å²) in [6.07, 6.45) is 13.2. The number of carbonyl (C=O) groups excluding carboxylic acids is 2. The Morgan fingerprint density at radius 3 is 1.89 bits per heavy atom. The lowest BCUT2D eigenvalue weighted by molar-refractivity contribution is -0.142. The molecule has 6 aliphatic rings. The molecule has 0 saturated heterocycles. The van der Waals surface area contributed by atoms with E-state index >= 15 is 0 Å². The first-order chi connectivity index (χ1) is 12.9. The minimum atomic E-state index is -0.415. The molecule has 0 radical (unpaired) electrons. The number of hydrogen-bond donors (Lipinski definition) is 2. The maximum Gasteiger partial charge on any atom is 0.309 e. The fraction of sp³-hybridized carbons (Fsp3) is 0.913. The van der Waals surface area contributed by atoms with Gasteiger partial charge in [0.1, 0.15) is 0 Å². The van der Waals surface area contributed by atoms with Crippen LogP contribution in [0, 0.1) is 40.9 Å². The molecule has 0 aromatic heterocycles. The fourth-order valence-corrected chi connectivity index (χ4v) is 8.41. The van der Waals surface area contributed by atoms with Crippen molar-refractivity contribution < 1.29 is 9.59 Å². The Balaban J connectivity index is 1.17. The standard InChI is InChI=1S/C23H36N2O2/c1-13(20-9-15-3-4-19(20)8-15)24-21(26)22(27)25-14(2)23-10-16-5-17(11-23)7-18(6-16)12-23/h13-20H,3-12H2,1-2H3,(H,24,26)(H,25,27). The van der Waals surface area contributed by atoms with Crippen LogP contribution in [-0.4, -0.2) is 23.9 Å². The highest BCUT2D eigenvalue weighted by Gasteiger charge is 2.53. The molecule has 27 heavy (non-hydrogen) atoms. The Bertz CT molecular complexity index is 595. The van der Waals surface area contributed by atoms with Gasteiger partial charge in [0.05, 0.1) is 0 Å². The number of fused-ring (bicyclic) bond motifs is 2. The van der Waals surface area contributed by atoms with Gasteiger partial charge in [0.2, 0.25) is 0 Å². The lowest BCUT2D eigenvalue weighted by Gasteiger charge is -2.59. The van der Waals surface area contributed by atoms with Gasteiger partial charge in [0, 0.05) is 12.1 Å². The Morgan fingerprint density at radius 1 is 0.778 bits per heavy atom. The van der Waals surface area contributed by atoms with Crippen molar-refractivity contribution in [1.29, 1.82) is 0 Å². The Morgan fingerprint density at radius 2 is 1.37 bits per heavy atom. The predicted octanol–water partition coefficient (Wildman–Crippen LogP) is 3.65. The van der Waals surface area contributed by atoms with Gasteiger partial charge < -0.3 is 10.6 Å². The SMILES string of the molecule is CC(NC(=O)C(=O)NC(C)C12CC3CC(CC(C3)C1)C2)C1CC2CCC1C2. The Kier molecular flexibility index (Phi) is 4.32. The van der Waals surface area contributed by atoms with Crippen LogP contribution >= 0.6 is 0 Å². The summed E-state index contributed by atoms with van der Waals surface area (Å²) in [5, 5.41) is 6.15. The van der Waals surface area contributed by atoms with Crippen molar-refractivity contribution in [2.45, 2.75) is 90.1 Å². The second-order valence-electron chi connectivity index (χ2n) is 11.1. The average molecular weight is 373 g/mol. The largest absolute Gasteiger partial charge is 0.345 e. The van der Waals surface area contributed by atoms with E-state index in [1.165, 1.54) is 64.2 Å². The Labute approximate surface area is 163 Å². The van der Waals surface area contributed by atoms with Gasteiger partial charge in [-0.15, -0.1) is 0 Å². The van der Waals surface area contributed by atoms with Gasteiger partial charge in [-0.05, 0) is 113 Å². The van der Waals surface area contributed by atoms with E-state index in [0.717, 1.165) is 29.6 Å². The van der Waals surface area contributed by atoms with Crippen LogP contribution in [0.4, 0.5) is 0 Å². The molecule has 0 aromatic carbocycles. The molecule has 4 heteroatoms. The summed E-state index contributed by atoms with van der Waals surface area (Å²) < 4.78 is 0. The third-order valence-corrected chi connectivity index (χ3v) is 9.35. The second-order valence-corrected chi connectivity index (χ2v) is 11.1. The summed E-state index contributed by atoms with van der Waals surface area (Å²) in [7, 11) is 0. The van der Waals surface area contributed by atoms with Crippen LogP contribution in [0.5, 0.6) is 0 Å². The van der Waals surface area contributed by atoms with Crippen molar-refractivity contribution >= 4 is 11.8 Å². The first kappa shape index (κ1) is 18.0. The Hall–Kier alpha value is -1.06. The van der Waals surface area contributed by atoms with E-state index in [9.17, 15) is 9.59 Å². The minimum Gasteiger partial charge on any atom is -0.345 e. The molecule has 6 aliphatic carbocycles. The van der Waals surface area contributed by atoms with Gasteiger partial charge in [0.25, 0.3) is 0 Å². The maximum atomic E-state index is 12.6. The molecule has 5 unspecified atom stereocenters. The van der Waals surface area contributed by atoms with Gasteiger partial charge in [-0.3, -0.25) is 9.59 Å². The van der Waals surface area contributed by atoms with E-state index in [2.05, 4.69) is 24.5 Å². The van der Waals surface area contributed by atoms with E-state index < -0.39 is 11.8 Å². The first-order valence-electron chi connectivity index (χ1n) is 11.5. The molecule has 150 valence electrons. The molecular formula is C23H36N2O2. The summed E-state index contributed by atoms with van der Waals surface area (Å²) >= 11 is 0. The number of carbonyl (C=O) groups is 2. The zero-order valence-electron chi connectivity index (χ0n) is 17.0. The number of rotatable bonds is 4. The molecule has 0 aliphatic heterocycles. The molecule has 5 atom stereocenters. The van der Waals surface area contributed by atoms with Crippen molar-refractivity contribution in [2.24, 2.45) is 40.9 Å². The number of amides is 2. The second kappa shape index (κ2) is 6.49. The van der Waals surface area contributed by atoms with Gasteiger partial charge in [0.15, 0.2) is 0 Å². The van der Waals surface area contributed by atoms with E-state index in [0.29, 0.717) is 5.92 Å². The van der Waals surface area contributed by atoms with Crippen LogP contribution < -0.4 is 10.6 Å². The van der Waals surface area contributed by atoms with Crippen LogP contribution in [0.1, 0.15) is 78.1 Å². The highest BCUT2D eigenvalue weighted by molar-refractivity contribution is 6.35. The van der Waals surface area contributed by atoms with Crippen molar-refractivity contribution in [3.05, 3.63) is 0 Å². The summed E-state index contributed by atoms with van der Waals surface area (Å²) in [5.74, 6) is 3.96. The van der Waals surface area contributed by atoms with E-state index in [1.807, 2.05) is 0 Å². The monoisotopic (exact) mass is 372 g/mol. The molecule has 6 saturated carbocycles. The topological polar surface area (TPSA) is 58.2 Å². The summed E-state index contributed by atoms with van der Waals surface area (Å²) in [6.45, 7) is 4.25. The first-order valence-corrected chi connectivity index (χ1v) is 11.5. The van der Waals surface area contributed by atoms with Crippen molar-refractivity contribution in [3.63, 3.8) is 0 Å². The van der Waals surface area contributed by atoms with Crippen LogP contribution in [-0.2, 0) is 9.59 Å². The molecule has 4 nitrogen and oxygen atoms in total. The third-order valence-electron chi connectivity index (χ3n) is 9.35. The molecule has 0 aromatic rings. The summed E-state index contributed by atoms with van der Waals surface area (Å²) in [5.41, 5.74) is 0.251. The lowest BCUT2D eigenvalue weighted by atomic mass is 9.48. The molecular weight excluding hydrogens is 336 g/mol.